The van der Waals surface area contributed by atoms with Crippen LogP contribution < -0.4 is 0 Å². The van der Waals surface area contributed by atoms with Crippen molar-refractivity contribution in [3.05, 3.63) is 29.8 Å². The lowest BCUT2D eigenvalue weighted by Crippen LogP contribution is -2.11. The van der Waals surface area contributed by atoms with Crippen molar-refractivity contribution in [3.63, 3.8) is 0 Å². The average molecular weight is 210 g/mol. The van der Waals surface area contributed by atoms with Crippen molar-refractivity contribution in [2.75, 3.05) is 5.75 Å². The third-order valence-corrected chi connectivity index (χ3v) is 3.53. The van der Waals surface area contributed by atoms with Crippen molar-refractivity contribution in [2.45, 2.75) is 38.0 Å². The Balaban J connectivity index is 3.08. The summed E-state index contributed by atoms with van der Waals surface area (Å²) in [4.78, 5) is 0.944. The summed E-state index contributed by atoms with van der Waals surface area (Å²) in [7, 11) is -0.835. The molecular weight excluding hydrogens is 192 g/mol. The Morgan fingerprint density at radius 1 is 1.29 bits per heavy atom. The number of benzene rings is 1. The van der Waals surface area contributed by atoms with Crippen molar-refractivity contribution in [2.24, 2.45) is 0 Å². The molecule has 78 valence electrons. The van der Waals surface area contributed by atoms with Gasteiger partial charge in [-0.2, -0.15) is 0 Å². The second-order valence-corrected chi connectivity index (χ2v) is 6.15. The highest BCUT2D eigenvalue weighted by molar-refractivity contribution is 7.85. The van der Waals surface area contributed by atoms with Gasteiger partial charge in [0.25, 0.3) is 0 Å². The fourth-order valence-electron chi connectivity index (χ4n) is 1.27. The van der Waals surface area contributed by atoms with Gasteiger partial charge in [-0.1, -0.05) is 39.8 Å². The molecule has 1 nitrogen and oxygen atoms in total. The van der Waals surface area contributed by atoms with E-state index in [1.807, 2.05) is 19.1 Å². The molecule has 0 fully saturated rings. The normalized spacial score (nSPS) is 14.0. The van der Waals surface area contributed by atoms with Gasteiger partial charge in [0.1, 0.15) is 0 Å². The van der Waals surface area contributed by atoms with E-state index in [1.54, 1.807) is 0 Å². The Morgan fingerprint density at radius 3 is 2.43 bits per heavy atom. The molecule has 1 aromatic carbocycles. The quantitative estimate of drug-likeness (QED) is 0.733. The Kier molecular flexibility index (Phi) is 3.48. The molecule has 0 aliphatic rings. The second-order valence-electron chi connectivity index (χ2n) is 4.41. The van der Waals surface area contributed by atoms with Gasteiger partial charge in [-0.3, -0.25) is 4.21 Å². The smallest absolute Gasteiger partial charge is 0.0526 e. The van der Waals surface area contributed by atoms with Crippen molar-refractivity contribution in [1.82, 2.24) is 0 Å². The minimum atomic E-state index is -0.835. The van der Waals surface area contributed by atoms with E-state index in [2.05, 4.69) is 32.9 Å². The molecule has 0 bridgehead atoms. The highest BCUT2D eigenvalue weighted by Gasteiger charge is 2.14. The van der Waals surface area contributed by atoms with Crippen LogP contribution in [-0.4, -0.2) is 9.96 Å². The van der Waals surface area contributed by atoms with Crippen LogP contribution in [0.5, 0.6) is 0 Å². The maximum absolute atomic E-state index is 11.6. The molecule has 0 amide bonds. The van der Waals surface area contributed by atoms with Crippen LogP contribution in [0.1, 0.15) is 33.3 Å². The first-order valence-electron chi connectivity index (χ1n) is 4.94. The van der Waals surface area contributed by atoms with Gasteiger partial charge in [0.2, 0.25) is 0 Å². The lowest BCUT2D eigenvalue weighted by atomic mass is 9.87. The molecule has 14 heavy (non-hydrogen) atoms. The number of hydrogen-bond donors (Lipinski definition) is 0. The first-order valence-corrected chi connectivity index (χ1v) is 6.26. The van der Waals surface area contributed by atoms with E-state index in [0.29, 0.717) is 5.75 Å². The van der Waals surface area contributed by atoms with Crippen molar-refractivity contribution >= 4 is 10.8 Å². The van der Waals surface area contributed by atoms with E-state index in [-0.39, 0.29) is 5.41 Å². The molecule has 0 N–H and O–H groups in total. The molecule has 1 atom stereocenters. The first-order chi connectivity index (χ1) is 6.45. The van der Waals surface area contributed by atoms with Crippen molar-refractivity contribution in [3.8, 4) is 0 Å². The summed E-state index contributed by atoms with van der Waals surface area (Å²) < 4.78 is 11.6. The van der Waals surface area contributed by atoms with Crippen molar-refractivity contribution in [1.29, 1.82) is 0 Å². The Labute approximate surface area is 89.0 Å². The van der Waals surface area contributed by atoms with Gasteiger partial charge in [0, 0.05) is 10.6 Å². The fraction of sp³-hybridized carbons (Fsp3) is 0.500. The zero-order chi connectivity index (χ0) is 10.8. The van der Waals surface area contributed by atoms with E-state index in [1.165, 1.54) is 5.56 Å². The molecule has 0 saturated heterocycles. The van der Waals surface area contributed by atoms with E-state index < -0.39 is 10.8 Å². The van der Waals surface area contributed by atoms with Gasteiger partial charge in [0.15, 0.2) is 0 Å². The molecule has 2 heteroatoms. The van der Waals surface area contributed by atoms with E-state index >= 15 is 0 Å². The maximum atomic E-state index is 11.6. The number of rotatable bonds is 2. The van der Waals surface area contributed by atoms with Gasteiger partial charge in [-0.25, -0.2) is 0 Å². The molecule has 0 aliphatic carbocycles. The van der Waals surface area contributed by atoms with Crippen LogP contribution in [0.25, 0.3) is 0 Å². The highest BCUT2D eigenvalue weighted by atomic mass is 32.2. The molecular formula is C12H18OS. The monoisotopic (exact) mass is 210 g/mol. The van der Waals surface area contributed by atoms with Gasteiger partial charge in [-0.05, 0) is 23.1 Å². The minimum Gasteiger partial charge on any atom is -0.254 e. The van der Waals surface area contributed by atoms with Gasteiger partial charge < -0.3 is 0 Å². The summed E-state index contributed by atoms with van der Waals surface area (Å²) in [5.41, 5.74) is 1.38. The lowest BCUT2D eigenvalue weighted by Gasteiger charge is -2.19. The predicted molar refractivity (Wildman–Crippen MR) is 62.1 cm³/mol. The molecule has 1 rings (SSSR count). The Bertz CT molecular complexity index is 336. The Hall–Kier alpha value is -0.630. The summed E-state index contributed by atoms with van der Waals surface area (Å²) in [5.74, 6) is 0.688. The zero-order valence-corrected chi connectivity index (χ0v) is 10.1. The Morgan fingerprint density at radius 2 is 1.93 bits per heavy atom. The van der Waals surface area contributed by atoms with Gasteiger partial charge in [-0.15, -0.1) is 0 Å². The molecule has 0 radical (unpaired) electrons. The summed E-state index contributed by atoms with van der Waals surface area (Å²) in [6.07, 6.45) is 0. The molecule has 0 heterocycles. The summed E-state index contributed by atoms with van der Waals surface area (Å²) in [6.45, 7) is 8.45. The van der Waals surface area contributed by atoms with Crippen LogP contribution >= 0.6 is 0 Å². The summed E-state index contributed by atoms with van der Waals surface area (Å²) >= 11 is 0. The molecule has 0 aliphatic heterocycles. The lowest BCUT2D eigenvalue weighted by molar-refractivity contribution is 0.588. The second kappa shape index (κ2) is 4.26. The van der Waals surface area contributed by atoms with E-state index in [4.69, 9.17) is 0 Å². The molecule has 0 spiro atoms. The topological polar surface area (TPSA) is 17.1 Å². The molecule has 1 aromatic rings. The third-order valence-electron chi connectivity index (χ3n) is 2.23. The van der Waals surface area contributed by atoms with E-state index in [0.717, 1.165) is 4.90 Å². The van der Waals surface area contributed by atoms with Crippen LogP contribution in [0.2, 0.25) is 0 Å². The summed E-state index contributed by atoms with van der Waals surface area (Å²) in [5, 5.41) is 0. The molecule has 0 saturated carbocycles. The van der Waals surface area contributed by atoms with Gasteiger partial charge >= 0.3 is 0 Å². The van der Waals surface area contributed by atoms with E-state index in [9.17, 15) is 4.21 Å². The average Bonchev–Trinajstić information content (AvgIpc) is 2.15. The SMILES string of the molecule is CCS(=O)c1cccc(C(C)(C)C)c1. The standard InChI is InChI=1S/C12H18OS/c1-5-14(13)11-8-6-7-10(9-11)12(2,3)4/h6-9H,5H2,1-4H3. The molecule has 0 aromatic heterocycles. The predicted octanol–water partition coefficient (Wildman–Crippen LogP) is 3.11. The fourth-order valence-corrected chi connectivity index (χ4v) is 2.09. The first kappa shape index (κ1) is 11.4. The highest BCUT2D eigenvalue weighted by Crippen LogP contribution is 2.23. The minimum absolute atomic E-state index is 0.133. The maximum Gasteiger partial charge on any atom is 0.0526 e. The van der Waals surface area contributed by atoms with Crippen LogP contribution in [0.15, 0.2) is 29.2 Å². The van der Waals surface area contributed by atoms with Crippen LogP contribution in [0, 0.1) is 0 Å². The van der Waals surface area contributed by atoms with Crippen LogP contribution in [-0.2, 0) is 16.2 Å². The summed E-state index contributed by atoms with van der Waals surface area (Å²) in [6, 6.07) is 8.08. The third kappa shape index (κ3) is 2.68. The van der Waals surface area contributed by atoms with Crippen LogP contribution in [0.4, 0.5) is 0 Å². The number of hydrogen-bond acceptors (Lipinski definition) is 1. The zero-order valence-electron chi connectivity index (χ0n) is 9.33. The van der Waals surface area contributed by atoms with Crippen LogP contribution in [0.3, 0.4) is 0 Å². The molecule has 1 unspecified atom stereocenters. The largest absolute Gasteiger partial charge is 0.254 e. The van der Waals surface area contributed by atoms with Crippen molar-refractivity contribution < 1.29 is 4.21 Å². The van der Waals surface area contributed by atoms with Gasteiger partial charge in [0.05, 0.1) is 10.8 Å².